The van der Waals surface area contributed by atoms with Gasteiger partial charge in [0.05, 0.1) is 5.57 Å². The van der Waals surface area contributed by atoms with E-state index in [1.165, 1.54) is 7.11 Å². The SMILES string of the molecule is CC=C(C)C(=O)OC1CCC2CC3(OC)OC(=O)C(C)=C3C3OC(=O)C1C23C. The number of methoxy groups -OCH3 is 1. The predicted octanol–water partition coefficient (Wildman–Crippen LogP) is 2.44. The molecule has 2 heterocycles. The Morgan fingerprint density at radius 3 is 2.64 bits per heavy atom. The van der Waals surface area contributed by atoms with Gasteiger partial charge in [0.1, 0.15) is 18.1 Å². The van der Waals surface area contributed by atoms with Crippen molar-refractivity contribution in [2.45, 2.75) is 65.0 Å². The molecule has 0 spiro atoms. The van der Waals surface area contributed by atoms with Crippen LogP contribution >= 0.6 is 0 Å². The maximum Gasteiger partial charge on any atom is 0.336 e. The quantitative estimate of drug-likeness (QED) is 0.415. The third kappa shape index (κ3) is 2.28. The molecule has 0 aromatic rings. The molecule has 2 aliphatic carbocycles. The van der Waals surface area contributed by atoms with Crippen molar-refractivity contribution in [1.29, 1.82) is 0 Å². The Morgan fingerprint density at radius 2 is 2.00 bits per heavy atom. The summed E-state index contributed by atoms with van der Waals surface area (Å²) in [5.41, 5.74) is 0.956. The van der Waals surface area contributed by atoms with Gasteiger partial charge in [0.15, 0.2) is 0 Å². The Labute approximate surface area is 164 Å². The van der Waals surface area contributed by atoms with Crippen LogP contribution in [-0.4, -0.2) is 43.0 Å². The Morgan fingerprint density at radius 1 is 1.29 bits per heavy atom. The molecule has 0 amide bonds. The number of ether oxygens (including phenoxy) is 4. The Bertz CT molecular complexity index is 825. The van der Waals surface area contributed by atoms with Gasteiger partial charge in [-0.25, -0.2) is 9.59 Å². The molecule has 6 atom stereocenters. The number of hydrogen-bond acceptors (Lipinski definition) is 7. The summed E-state index contributed by atoms with van der Waals surface area (Å²) in [7, 11) is 1.51. The zero-order valence-electron chi connectivity index (χ0n) is 16.9. The summed E-state index contributed by atoms with van der Waals surface area (Å²) < 4.78 is 22.8. The maximum atomic E-state index is 12.9. The highest BCUT2D eigenvalue weighted by Crippen LogP contribution is 2.64. The summed E-state index contributed by atoms with van der Waals surface area (Å²) in [6.07, 6.45) is 2.27. The summed E-state index contributed by atoms with van der Waals surface area (Å²) in [5, 5.41) is 0. The minimum absolute atomic E-state index is 0.0362. The topological polar surface area (TPSA) is 88.1 Å². The summed E-state index contributed by atoms with van der Waals surface area (Å²) in [4.78, 5) is 37.6. The van der Waals surface area contributed by atoms with Crippen LogP contribution in [-0.2, 0) is 33.3 Å². The smallest absolute Gasteiger partial charge is 0.336 e. The molecular weight excluding hydrogens is 364 g/mol. The van der Waals surface area contributed by atoms with Gasteiger partial charge < -0.3 is 18.9 Å². The van der Waals surface area contributed by atoms with Gasteiger partial charge in [-0.1, -0.05) is 13.0 Å². The molecule has 0 bridgehead atoms. The van der Waals surface area contributed by atoms with Crippen molar-refractivity contribution in [3.8, 4) is 0 Å². The summed E-state index contributed by atoms with van der Waals surface area (Å²) in [6, 6.07) is 0. The number of rotatable bonds is 3. The van der Waals surface area contributed by atoms with Gasteiger partial charge >= 0.3 is 17.9 Å². The maximum absolute atomic E-state index is 12.9. The van der Waals surface area contributed by atoms with Crippen molar-refractivity contribution < 1.29 is 33.3 Å². The average Bonchev–Trinajstić information content (AvgIpc) is 3.08. The van der Waals surface area contributed by atoms with Crippen LogP contribution in [0.25, 0.3) is 0 Å². The molecule has 7 heteroatoms. The van der Waals surface area contributed by atoms with E-state index in [2.05, 4.69) is 0 Å². The van der Waals surface area contributed by atoms with Gasteiger partial charge in [-0.2, -0.15) is 0 Å². The Balaban J connectivity index is 1.75. The van der Waals surface area contributed by atoms with E-state index in [-0.39, 0.29) is 11.9 Å². The molecule has 7 nitrogen and oxygen atoms in total. The second kappa shape index (κ2) is 6.17. The molecule has 152 valence electrons. The Hall–Kier alpha value is -2.15. The van der Waals surface area contributed by atoms with Crippen LogP contribution < -0.4 is 0 Å². The molecular formula is C21H26O7. The van der Waals surface area contributed by atoms with Crippen molar-refractivity contribution in [3.63, 3.8) is 0 Å². The first kappa shape index (κ1) is 19.2. The first-order chi connectivity index (χ1) is 13.2. The number of carbonyl (C=O) groups is 3. The average molecular weight is 390 g/mol. The van der Waals surface area contributed by atoms with Gasteiger partial charge in [0, 0.05) is 30.1 Å². The summed E-state index contributed by atoms with van der Waals surface area (Å²) in [6.45, 7) is 7.14. The lowest BCUT2D eigenvalue weighted by atomic mass is 9.52. The van der Waals surface area contributed by atoms with Crippen molar-refractivity contribution in [1.82, 2.24) is 0 Å². The molecule has 28 heavy (non-hydrogen) atoms. The van der Waals surface area contributed by atoms with Crippen LogP contribution in [0, 0.1) is 17.3 Å². The lowest BCUT2D eigenvalue weighted by molar-refractivity contribution is -0.227. The number of allylic oxidation sites excluding steroid dienone is 1. The van der Waals surface area contributed by atoms with Crippen LogP contribution in [0.5, 0.6) is 0 Å². The second-order valence-electron chi connectivity index (χ2n) is 8.44. The number of fused-ring (bicyclic) bond motifs is 2. The summed E-state index contributed by atoms with van der Waals surface area (Å²) in [5.74, 6) is -2.95. The molecule has 0 N–H and O–H groups in total. The zero-order valence-corrected chi connectivity index (χ0v) is 16.9. The van der Waals surface area contributed by atoms with Gasteiger partial charge in [0.25, 0.3) is 0 Å². The number of hydrogen-bond donors (Lipinski definition) is 0. The molecule has 6 unspecified atom stereocenters. The van der Waals surface area contributed by atoms with Gasteiger partial charge in [-0.3, -0.25) is 4.79 Å². The molecule has 2 saturated carbocycles. The predicted molar refractivity (Wildman–Crippen MR) is 96.7 cm³/mol. The highest BCUT2D eigenvalue weighted by Gasteiger charge is 2.72. The Kier molecular flexibility index (Phi) is 4.23. The van der Waals surface area contributed by atoms with Gasteiger partial charge in [-0.05, 0) is 39.5 Å². The molecule has 3 fully saturated rings. The molecule has 2 aliphatic heterocycles. The normalized spacial score (nSPS) is 42.0. The molecule has 4 rings (SSSR count). The van der Waals surface area contributed by atoms with Crippen LogP contribution in [0.4, 0.5) is 0 Å². The minimum Gasteiger partial charge on any atom is -0.458 e. The van der Waals surface area contributed by atoms with Crippen LogP contribution in [0.15, 0.2) is 22.8 Å². The molecule has 0 aromatic carbocycles. The van der Waals surface area contributed by atoms with Crippen molar-refractivity contribution in [2.24, 2.45) is 17.3 Å². The van der Waals surface area contributed by atoms with Gasteiger partial charge in [-0.15, -0.1) is 0 Å². The third-order valence-electron chi connectivity index (χ3n) is 7.27. The van der Waals surface area contributed by atoms with E-state index in [4.69, 9.17) is 18.9 Å². The van der Waals surface area contributed by atoms with E-state index in [9.17, 15) is 14.4 Å². The highest BCUT2D eigenvalue weighted by atomic mass is 16.7. The largest absolute Gasteiger partial charge is 0.458 e. The van der Waals surface area contributed by atoms with E-state index in [0.29, 0.717) is 29.6 Å². The highest BCUT2D eigenvalue weighted by molar-refractivity contribution is 5.93. The van der Waals surface area contributed by atoms with E-state index in [0.717, 1.165) is 6.42 Å². The molecule has 1 saturated heterocycles. The lowest BCUT2D eigenvalue weighted by Gasteiger charge is -2.53. The minimum atomic E-state index is -1.17. The monoisotopic (exact) mass is 390 g/mol. The van der Waals surface area contributed by atoms with Crippen molar-refractivity contribution in [3.05, 3.63) is 22.8 Å². The fourth-order valence-corrected chi connectivity index (χ4v) is 5.55. The second-order valence-corrected chi connectivity index (χ2v) is 8.44. The fourth-order valence-electron chi connectivity index (χ4n) is 5.55. The van der Waals surface area contributed by atoms with E-state index >= 15 is 0 Å². The first-order valence-corrected chi connectivity index (χ1v) is 9.73. The number of carbonyl (C=O) groups excluding carboxylic acids is 3. The molecule has 0 radical (unpaired) electrons. The molecule has 4 aliphatic rings. The lowest BCUT2D eigenvalue weighted by Crippen LogP contribution is -2.59. The van der Waals surface area contributed by atoms with Crippen molar-refractivity contribution >= 4 is 17.9 Å². The summed E-state index contributed by atoms with van der Waals surface area (Å²) >= 11 is 0. The van der Waals surface area contributed by atoms with E-state index in [1.54, 1.807) is 26.8 Å². The van der Waals surface area contributed by atoms with E-state index in [1.807, 2.05) is 6.92 Å². The number of esters is 3. The third-order valence-corrected chi connectivity index (χ3v) is 7.27. The fraction of sp³-hybridized carbons (Fsp3) is 0.667. The zero-order chi connectivity index (χ0) is 20.4. The van der Waals surface area contributed by atoms with Crippen LogP contribution in [0.2, 0.25) is 0 Å². The van der Waals surface area contributed by atoms with Crippen molar-refractivity contribution in [2.75, 3.05) is 7.11 Å². The standard InChI is InChI=1S/C21H26O7/c1-6-10(2)17(22)26-13-8-7-12-9-21(25-5)14(11(3)18(23)28-21)16-20(12,4)15(13)19(24)27-16/h6,12-13,15-16H,7-9H2,1-5H3. The van der Waals surface area contributed by atoms with Gasteiger partial charge in [0.2, 0.25) is 5.79 Å². The van der Waals surface area contributed by atoms with Crippen LogP contribution in [0.1, 0.15) is 47.0 Å². The van der Waals surface area contributed by atoms with Crippen LogP contribution in [0.3, 0.4) is 0 Å². The molecule has 0 aromatic heterocycles. The first-order valence-electron chi connectivity index (χ1n) is 9.73. The van der Waals surface area contributed by atoms with E-state index < -0.39 is 41.3 Å².